The Labute approximate surface area is 135 Å². The van der Waals surface area contributed by atoms with E-state index in [1.165, 1.54) is 16.8 Å². The molecule has 0 fully saturated rings. The van der Waals surface area contributed by atoms with Crippen LogP contribution in [0.1, 0.15) is 48.8 Å². The Hall–Kier alpha value is -1.13. The summed E-state index contributed by atoms with van der Waals surface area (Å²) in [5, 5.41) is 8.15. The van der Waals surface area contributed by atoms with Gasteiger partial charge in [-0.25, -0.2) is 4.68 Å². The summed E-state index contributed by atoms with van der Waals surface area (Å²) in [6.07, 6.45) is 1.14. The van der Waals surface area contributed by atoms with Crippen LogP contribution in [0.25, 0.3) is 5.69 Å². The highest BCUT2D eigenvalue weighted by Crippen LogP contribution is 2.27. The third kappa shape index (κ3) is 3.38. The van der Waals surface area contributed by atoms with Gasteiger partial charge in [-0.1, -0.05) is 28.9 Å². The highest BCUT2D eigenvalue weighted by molar-refractivity contribution is 9.10. The highest BCUT2D eigenvalue weighted by atomic mass is 79.9. The van der Waals surface area contributed by atoms with Gasteiger partial charge in [0.25, 0.3) is 0 Å². The van der Waals surface area contributed by atoms with E-state index in [0.29, 0.717) is 6.04 Å². The van der Waals surface area contributed by atoms with Crippen LogP contribution < -0.4 is 5.32 Å². The Kier molecular flexibility index (Phi) is 5.22. The van der Waals surface area contributed by atoms with Crippen LogP contribution >= 0.6 is 15.9 Å². The van der Waals surface area contributed by atoms with E-state index in [0.717, 1.165) is 28.8 Å². The van der Waals surface area contributed by atoms with Gasteiger partial charge in [0.15, 0.2) is 0 Å². The van der Waals surface area contributed by atoms with Crippen LogP contribution in [0, 0.1) is 20.8 Å². The van der Waals surface area contributed by atoms with Crippen LogP contribution in [-0.4, -0.2) is 16.3 Å². The number of aryl methyl sites for hydroxylation is 1. The van der Waals surface area contributed by atoms with Crippen LogP contribution in [0.4, 0.5) is 0 Å². The van der Waals surface area contributed by atoms with Crippen LogP contribution in [0.5, 0.6) is 0 Å². The second-order valence-corrected chi connectivity index (χ2v) is 6.44. The van der Waals surface area contributed by atoms with Crippen LogP contribution in [0.15, 0.2) is 22.7 Å². The standard InChI is InChI=1S/C17H24BrN3/c1-6-9-19-13(4)16-8-7-15(10-17(16)18)21-14(5)11(2)12(3)20-21/h7-8,10,13,19H,6,9H2,1-5H3. The SMILES string of the molecule is CCCNC(C)c1ccc(-n2nc(C)c(C)c2C)cc1Br. The smallest absolute Gasteiger partial charge is 0.0660 e. The van der Waals surface area contributed by atoms with E-state index in [1.54, 1.807) is 0 Å². The lowest BCUT2D eigenvalue weighted by Crippen LogP contribution is -2.19. The number of nitrogens with zero attached hydrogens (tertiary/aromatic N) is 2. The van der Waals surface area contributed by atoms with Crippen molar-refractivity contribution in [3.63, 3.8) is 0 Å². The molecular formula is C17H24BrN3. The van der Waals surface area contributed by atoms with Gasteiger partial charge < -0.3 is 5.32 Å². The van der Waals surface area contributed by atoms with Crippen molar-refractivity contribution in [2.75, 3.05) is 6.54 Å². The molecule has 2 aromatic rings. The van der Waals surface area contributed by atoms with Crippen LogP contribution in [-0.2, 0) is 0 Å². The molecule has 4 heteroatoms. The van der Waals surface area contributed by atoms with Gasteiger partial charge >= 0.3 is 0 Å². The molecule has 2 rings (SSSR count). The van der Waals surface area contributed by atoms with Crippen molar-refractivity contribution in [1.29, 1.82) is 0 Å². The number of hydrogen-bond donors (Lipinski definition) is 1. The highest BCUT2D eigenvalue weighted by Gasteiger charge is 2.13. The van der Waals surface area contributed by atoms with Crippen molar-refractivity contribution in [3.05, 3.63) is 45.2 Å². The van der Waals surface area contributed by atoms with Crippen molar-refractivity contribution in [2.45, 2.75) is 47.1 Å². The van der Waals surface area contributed by atoms with Crippen LogP contribution in [0.3, 0.4) is 0 Å². The molecule has 1 aromatic carbocycles. The number of nitrogens with one attached hydrogen (secondary N) is 1. The van der Waals surface area contributed by atoms with E-state index in [-0.39, 0.29) is 0 Å². The molecule has 0 amide bonds. The summed E-state index contributed by atoms with van der Waals surface area (Å²) < 4.78 is 3.14. The first kappa shape index (κ1) is 16.2. The summed E-state index contributed by atoms with van der Waals surface area (Å²) in [5.41, 5.74) is 5.93. The normalized spacial score (nSPS) is 12.7. The maximum atomic E-state index is 4.63. The molecule has 0 saturated heterocycles. The first-order valence-electron chi connectivity index (χ1n) is 7.51. The fourth-order valence-corrected chi connectivity index (χ4v) is 3.15. The number of halogens is 1. The predicted octanol–water partition coefficient (Wildman–Crippen LogP) is 4.62. The number of hydrogen-bond acceptors (Lipinski definition) is 2. The second-order valence-electron chi connectivity index (χ2n) is 5.59. The Morgan fingerprint density at radius 3 is 2.52 bits per heavy atom. The lowest BCUT2D eigenvalue weighted by molar-refractivity contribution is 0.569. The molecule has 21 heavy (non-hydrogen) atoms. The summed E-state index contributed by atoms with van der Waals surface area (Å²) >= 11 is 3.71. The minimum Gasteiger partial charge on any atom is -0.310 e. The van der Waals surface area contributed by atoms with Crippen molar-refractivity contribution in [2.24, 2.45) is 0 Å². The monoisotopic (exact) mass is 349 g/mol. The predicted molar refractivity (Wildman–Crippen MR) is 92.2 cm³/mol. The lowest BCUT2D eigenvalue weighted by Gasteiger charge is -2.16. The molecule has 1 N–H and O–H groups in total. The molecule has 1 unspecified atom stereocenters. The van der Waals surface area contributed by atoms with Gasteiger partial charge in [0, 0.05) is 16.2 Å². The zero-order valence-corrected chi connectivity index (χ0v) is 15.1. The molecule has 0 aliphatic heterocycles. The molecular weight excluding hydrogens is 326 g/mol. The molecule has 1 aromatic heterocycles. The molecule has 114 valence electrons. The molecule has 0 aliphatic carbocycles. The minimum atomic E-state index is 0.343. The molecule has 0 saturated carbocycles. The van der Waals surface area contributed by atoms with Crippen LogP contribution in [0.2, 0.25) is 0 Å². The van der Waals surface area contributed by atoms with Crippen molar-refractivity contribution in [3.8, 4) is 5.69 Å². The summed E-state index contributed by atoms with van der Waals surface area (Å²) in [7, 11) is 0. The Bertz CT molecular complexity index is 631. The van der Waals surface area contributed by atoms with Gasteiger partial charge in [0.1, 0.15) is 0 Å². The first-order chi connectivity index (χ1) is 9.95. The Morgan fingerprint density at radius 1 is 1.29 bits per heavy atom. The van der Waals surface area contributed by atoms with E-state index in [2.05, 4.69) is 79.2 Å². The van der Waals surface area contributed by atoms with E-state index >= 15 is 0 Å². The van der Waals surface area contributed by atoms with E-state index in [4.69, 9.17) is 0 Å². The van der Waals surface area contributed by atoms with Crippen molar-refractivity contribution >= 4 is 15.9 Å². The van der Waals surface area contributed by atoms with Gasteiger partial charge in [-0.05, 0) is 63.9 Å². The second kappa shape index (κ2) is 6.75. The zero-order valence-electron chi connectivity index (χ0n) is 13.5. The third-order valence-electron chi connectivity index (χ3n) is 4.05. The summed E-state index contributed by atoms with van der Waals surface area (Å²) in [6, 6.07) is 6.82. The Morgan fingerprint density at radius 2 is 2.00 bits per heavy atom. The Balaban J connectivity index is 2.32. The molecule has 1 heterocycles. The van der Waals surface area contributed by atoms with E-state index < -0.39 is 0 Å². The molecule has 1 atom stereocenters. The van der Waals surface area contributed by atoms with Crippen molar-refractivity contribution < 1.29 is 0 Å². The minimum absolute atomic E-state index is 0.343. The number of benzene rings is 1. The molecule has 0 aliphatic rings. The lowest BCUT2D eigenvalue weighted by atomic mass is 10.1. The van der Waals surface area contributed by atoms with E-state index in [1.807, 2.05) is 4.68 Å². The molecule has 0 radical (unpaired) electrons. The fourth-order valence-electron chi connectivity index (χ4n) is 2.44. The maximum absolute atomic E-state index is 4.63. The number of aromatic nitrogens is 2. The first-order valence-corrected chi connectivity index (χ1v) is 8.31. The topological polar surface area (TPSA) is 29.9 Å². The molecule has 0 bridgehead atoms. The van der Waals surface area contributed by atoms with Gasteiger partial charge in [0.05, 0.1) is 11.4 Å². The largest absolute Gasteiger partial charge is 0.310 e. The summed E-state index contributed by atoms with van der Waals surface area (Å²) in [4.78, 5) is 0. The van der Waals surface area contributed by atoms with Crippen molar-refractivity contribution in [1.82, 2.24) is 15.1 Å². The molecule has 3 nitrogen and oxygen atoms in total. The maximum Gasteiger partial charge on any atom is 0.0660 e. The average Bonchev–Trinajstić information content (AvgIpc) is 2.72. The van der Waals surface area contributed by atoms with Gasteiger partial charge in [-0.3, -0.25) is 0 Å². The number of rotatable bonds is 5. The van der Waals surface area contributed by atoms with Gasteiger partial charge in [-0.2, -0.15) is 5.10 Å². The summed E-state index contributed by atoms with van der Waals surface area (Å²) in [6.45, 7) is 11.7. The fraction of sp³-hybridized carbons (Fsp3) is 0.471. The van der Waals surface area contributed by atoms with Gasteiger partial charge in [-0.15, -0.1) is 0 Å². The van der Waals surface area contributed by atoms with Gasteiger partial charge in [0.2, 0.25) is 0 Å². The molecule has 0 spiro atoms. The average molecular weight is 350 g/mol. The third-order valence-corrected chi connectivity index (χ3v) is 4.74. The zero-order chi connectivity index (χ0) is 15.6. The quantitative estimate of drug-likeness (QED) is 0.853. The van der Waals surface area contributed by atoms with E-state index in [9.17, 15) is 0 Å². The summed E-state index contributed by atoms with van der Waals surface area (Å²) in [5.74, 6) is 0.